The van der Waals surface area contributed by atoms with Gasteiger partial charge in [-0.1, -0.05) is 30.3 Å². The van der Waals surface area contributed by atoms with Gasteiger partial charge in [-0.15, -0.1) is 0 Å². The van der Waals surface area contributed by atoms with E-state index in [9.17, 15) is 22.8 Å². The van der Waals surface area contributed by atoms with E-state index >= 15 is 0 Å². The van der Waals surface area contributed by atoms with Crippen molar-refractivity contribution in [2.24, 2.45) is 0 Å². The number of para-hydroxylation sites is 1. The van der Waals surface area contributed by atoms with Crippen molar-refractivity contribution in [1.29, 1.82) is 0 Å². The monoisotopic (exact) mass is 458 g/mol. The number of rotatable bonds is 6. The Morgan fingerprint density at radius 2 is 1.56 bits per heavy atom. The van der Waals surface area contributed by atoms with Gasteiger partial charge in [-0.3, -0.25) is 9.59 Å². The molecule has 2 aromatic rings. The lowest BCUT2D eigenvalue weighted by molar-refractivity contribution is -0.140. The lowest BCUT2D eigenvalue weighted by Crippen LogP contribution is -2.44. The minimum absolute atomic E-state index is 0.0356. The van der Waals surface area contributed by atoms with Crippen molar-refractivity contribution in [2.75, 3.05) is 30.5 Å². The van der Waals surface area contributed by atoms with E-state index in [0.29, 0.717) is 12.1 Å². The second-order valence-corrected chi connectivity index (χ2v) is 10.0. The molecule has 0 aliphatic carbocycles. The normalized spacial score (nSPS) is 17.9. The molecular formula is C23H26N2O6S. The average Bonchev–Trinajstić information content (AvgIpc) is 3.17. The minimum atomic E-state index is -3.16. The van der Waals surface area contributed by atoms with Crippen molar-refractivity contribution in [2.45, 2.75) is 25.5 Å². The van der Waals surface area contributed by atoms with Crippen LogP contribution in [0.5, 0.6) is 0 Å². The van der Waals surface area contributed by atoms with Crippen LogP contribution in [0.4, 0.5) is 5.69 Å². The number of esters is 1. The van der Waals surface area contributed by atoms with Crippen molar-refractivity contribution >= 4 is 33.3 Å². The second kappa shape index (κ2) is 9.52. The van der Waals surface area contributed by atoms with Gasteiger partial charge in [0.15, 0.2) is 15.9 Å². The molecule has 3 rings (SSSR count). The van der Waals surface area contributed by atoms with Gasteiger partial charge in [0, 0.05) is 25.8 Å². The van der Waals surface area contributed by atoms with Crippen LogP contribution in [0, 0.1) is 0 Å². The maximum Gasteiger partial charge on any atom is 0.339 e. The fourth-order valence-corrected chi connectivity index (χ4v) is 5.39. The van der Waals surface area contributed by atoms with Crippen LogP contribution in [0.1, 0.15) is 34.1 Å². The molecule has 0 spiro atoms. The zero-order valence-electron chi connectivity index (χ0n) is 18.2. The quantitative estimate of drug-likeness (QED) is 0.615. The van der Waals surface area contributed by atoms with Crippen LogP contribution in [-0.4, -0.2) is 68.8 Å². The molecule has 1 aliphatic rings. The fraction of sp³-hybridized carbons (Fsp3) is 0.348. The number of benzene rings is 2. The highest BCUT2D eigenvalue weighted by Crippen LogP contribution is 2.20. The highest BCUT2D eigenvalue weighted by Gasteiger charge is 2.35. The number of nitrogens with zero attached hydrogens (tertiary/aromatic N) is 2. The van der Waals surface area contributed by atoms with Crippen LogP contribution < -0.4 is 4.90 Å². The summed E-state index contributed by atoms with van der Waals surface area (Å²) >= 11 is 0. The van der Waals surface area contributed by atoms with Crippen LogP contribution in [0.3, 0.4) is 0 Å². The Morgan fingerprint density at radius 1 is 0.969 bits per heavy atom. The first kappa shape index (κ1) is 23.5. The van der Waals surface area contributed by atoms with E-state index in [-0.39, 0.29) is 22.6 Å². The molecule has 0 N–H and O–H groups in total. The summed E-state index contributed by atoms with van der Waals surface area (Å²) < 4.78 is 28.8. The highest BCUT2D eigenvalue weighted by molar-refractivity contribution is 7.91. The zero-order valence-corrected chi connectivity index (χ0v) is 19.0. The van der Waals surface area contributed by atoms with Gasteiger partial charge in [-0.2, -0.15) is 0 Å². The predicted octanol–water partition coefficient (Wildman–Crippen LogP) is 2.15. The molecule has 1 aliphatic heterocycles. The number of ether oxygens (including phenoxy) is 1. The van der Waals surface area contributed by atoms with Crippen molar-refractivity contribution in [3.05, 3.63) is 65.7 Å². The topological polar surface area (TPSA) is 101 Å². The number of amides is 2. The molecule has 2 aromatic carbocycles. The summed E-state index contributed by atoms with van der Waals surface area (Å²) in [6.45, 7) is 1.43. The molecule has 32 heavy (non-hydrogen) atoms. The van der Waals surface area contributed by atoms with E-state index in [0.717, 1.165) is 0 Å². The largest absolute Gasteiger partial charge is 0.449 e. The summed E-state index contributed by atoms with van der Waals surface area (Å²) in [5, 5.41) is 0. The standard InChI is InChI=1S/C23H26N2O6S/c1-16(21(26)25(3)18-13-14-32(29,30)15-18)31-23(28)20-12-8-7-11-19(20)22(27)24(2)17-9-5-4-6-10-17/h4-12,16,18H,13-15H2,1-3H3/t16-,18-/m0/s1. The molecule has 8 nitrogen and oxygen atoms in total. The first-order chi connectivity index (χ1) is 15.1. The van der Waals surface area contributed by atoms with E-state index in [1.54, 1.807) is 43.4 Å². The van der Waals surface area contributed by atoms with Crippen molar-refractivity contribution < 1.29 is 27.5 Å². The number of carbonyl (C=O) groups excluding carboxylic acids is 3. The Morgan fingerprint density at radius 3 is 2.16 bits per heavy atom. The summed E-state index contributed by atoms with van der Waals surface area (Å²) in [6, 6.07) is 14.8. The van der Waals surface area contributed by atoms with Gasteiger partial charge in [0.2, 0.25) is 0 Å². The van der Waals surface area contributed by atoms with Gasteiger partial charge in [0.05, 0.1) is 22.6 Å². The van der Waals surface area contributed by atoms with Crippen LogP contribution in [0.2, 0.25) is 0 Å². The number of sulfone groups is 1. The van der Waals surface area contributed by atoms with Gasteiger partial charge < -0.3 is 14.5 Å². The lowest BCUT2D eigenvalue weighted by atomic mass is 10.1. The third-order valence-electron chi connectivity index (χ3n) is 5.56. The second-order valence-electron chi connectivity index (χ2n) is 7.80. The summed E-state index contributed by atoms with van der Waals surface area (Å²) in [5.41, 5.74) is 0.863. The molecule has 0 saturated carbocycles. The van der Waals surface area contributed by atoms with Gasteiger partial charge in [-0.05, 0) is 37.6 Å². The number of likely N-dealkylation sites (N-methyl/N-ethyl adjacent to an activating group) is 1. The summed E-state index contributed by atoms with van der Waals surface area (Å²) in [4.78, 5) is 41.3. The Hall–Kier alpha value is -3.20. The number of hydrogen-bond acceptors (Lipinski definition) is 6. The van der Waals surface area contributed by atoms with Crippen LogP contribution in [0.15, 0.2) is 54.6 Å². The zero-order chi connectivity index (χ0) is 23.5. The number of anilines is 1. The average molecular weight is 459 g/mol. The van der Waals surface area contributed by atoms with E-state index < -0.39 is 39.8 Å². The van der Waals surface area contributed by atoms with Crippen molar-refractivity contribution in [3.63, 3.8) is 0 Å². The molecule has 170 valence electrons. The number of hydrogen-bond donors (Lipinski definition) is 0. The molecule has 2 amide bonds. The predicted molar refractivity (Wildman–Crippen MR) is 120 cm³/mol. The molecule has 1 fully saturated rings. The molecule has 0 unspecified atom stereocenters. The minimum Gasteiger partial charge on any atom is -0.449 e. The number of carbonyl (C=O) groups is 3. The third-order valence-corrected chi connectivity index (χ3v) is 7.31. The molecule has 0 bridgehead atoms. The molecule has 1 heterocycles. The summed E-state index contributed by atoms with van der Waals surface area (Å²) in [5.74, 6) is -1.75. The van der Waals surface area contributed by atoms with E-state index in [1.807, 2.05) is 6.07 Å². The molecule has 0 aromatic heterocycles. The molecule has 0 radical (unpaired) electrons. The third kappa shape index (κ3) is 5.16. The van der Waals surface area contributed by atoms with Gasteiger partial charge >= 0.3 is 5.97 Å². The molecule has 9 heteroatoms. The summed E-state index contributed by atoms with van der Waals surface area (Å²) in [6.07, 6.45) is -0.778. The van der Waals surface area contributed by atoms with Gasteiger partial charge in [0.1, 0.15) is 0 Å². The Balaban J connectivity index is 1.73. The van der Waals surface area contributed by atoms with E-state index in [1.165, 1.54) is 35.9 Å². The molecular weight excluding hydrogens is 432 g/mol. The van der Waals surface area contributed by atoms with Crippen LogP contribution in [0.25, 0.3) is 0 Å². The van der Waals surface area contributed by atoms with E-state index in [4.69, 9.17) is 4.74 Å². The lowest BCUT2D eigenvalue weighted by Gasteiger charge is -2.26. The first-order valence-corrected chi connectivity index (χ1v) is 12.0. The SMILES string of the molecule is C[C@H](OC(=O)c1ccccc1C(=O)N(C)c1ccccc1)C(=O)N(C)[C@H]1CCS(=O)(=O)C1. The smallest absolute Gasteiger partial charge is 0.339 e. The van der Waals surface area contributed by atoms with Gasteiger partial charge in [0.25, 0.3) is 11.8 Å². The Bertz CT molecular complexity index is 1120. The Kier molecular flexibility index (Phi) is 6.98. The first-order valence-electron chi connectivity index (χ1n) is 10.2. The van der Waals surface area contributed by atoms with Crippen LogP contribution >= 0.6 is 0 Å². The fourth-order valence-electron chi connectivity index (χ4n) is 3.62. The molecule has 1 saturated heterocycles. The summed E-state index contributed by atoms with van der Waals surface area (Å²) in [7, 11) is -0.0437. The molecule has 2 atom stereocenters. The maximum absolute atomic E-state index is 13.0. The Labute approximate surface area is 187 Å². The van der Waals surface area contributed by atoms with Crippen LogP contribution in [-0.2, 0) is 19.4 Å². The highest BCUT2D eigenvalue weighted by atomic mass is 32.2. The maximum atomic E-state index is 13.0. The van der Waals surface area contributed by atoms with E-state index in [2.05, 4.69) is 0 Å². The van der Waals surface area contributed by atoms with Crippen molar-refractivity contribution in [3.8, 4) is 0 Å². The van der Waals surface area contributed by atoms with Crippen molar-refractivity contribution in [1.82, 2.24) is 4.90 Å². The van der Waals surface area contributed by atoms with Gasteiger partial charge in [-0.25, -0.2) is 13.2 Å².